The molecule has 0 spiro atoms. The number of carbonyl (C=O) groups excluding carboxylic acids is 1. The van der Waals surface area contributed by atoms with Crippen LogP contribution in [0.2, 0.25) is 0 Å². The van der Waals surface area contributed by atoms with Gasteiger partial charge < -0.3 is 0 Å². The lowest BCUT2D eigenvalue weighted by molar-refractivity contribution is -0.112. The van der Waals surface area contributed by atoms with E-state index in [9.17, 15) is 4.79 Å². The quantitative estimate of drug-likeness (QED) is 0.296. The first-order valence-corrected chi connectivity index (χ1v) is 8.82. The summed E-state index contributed by atoms with van der Waals surface area (Å²) in [6, 6.07) is 0. The third-order valence-electron chi connectivity index (χ3n) is 3.78. The number of halogens is 1. The molecular formula is C20H33ClO. The highest BCUT2D eigenvalue weighted by atomic mass is 35.5. The molecule has 0 aliphatic carbocycles. The second-order valence-electron chi connectivity index (χ2n) is 6.70. The third kappa shape index (κ3) is 14.1. The van der Waals surface area contributed by atoms with E-state index in [0.717, 1.165) is 38.5 Å². The molecule has 0 amide bonds. The summed E-state index contributed by atoms with van der Waals surface area (Å²) < 4.78 is 0. The Morgan fingerprint density at radius 1 is 0.909 bits per heavy atom. The van der Waals surface area contributed by atoms with Crippen molar-refractivity contribution in [3.63, 3.8) is 0 Å². The molecule has 0 bridgehead atoms. The molecule has 1 nitrogen and oxygen atoms in total. The molecule has 2 heteroatoms. The zero-order valence-electron chi connectivity index (χ0n) is 15.0. The van der Waals surface area contributed by atoms with Crippen molar-refractivity contribution in [2.75, 3.05) is 0 Å². The van der Waals surface area contributed by atoms with Crippen molar-refractivity contribution < 1.29 is 4.79 Å². The zero-order valence-corrected chi connectivity index (χ0v) is 15.8. The topological polar surface area (TPSA) is 17.1 Å². The minimum Gasteiger partial charge on any atom is -0.281 e. The van der Waals surface area contributed by atoms with Crippen LogP contribution in [0.4, 0.5) is 0 Å². The number of rotatable bonds is 11. The molecule has 0 radical (unpaired) electrons. The fourth-order valence-corrected chi connectivity index (χ4v) is 2.59. The van der Waals surface area contributed by atoms with Crippen LogP contribution in [0.3, 0.4) is 0 Å². The van der Waals surface area contributed by atoms with E-state index in [4.69, 9.17) is 11.6 Å². The molecule has 0 heterocycles. The average Bonchev–Trinajstić information content (AvgIpc) is 2.37. The molecule has 0 aliphatic rings. The Bertz CT molecular complexity index is 411. The second-order valence-corrected chi connectivity index (χ2v) is 7.12. The Kier molecular flexibility index (Phi) is 12.2. The lowest BCUT2D eigenvalue weighted by Gasteiger charge is -2.06. The van der Waals surface area contributed by atoms with E-state index in [0.29, 0.717) is 12.3 Å². The Morgan fingerprint density at radius 3 is 1.91 bits per heavy atom. The van der Waals surface area contributed by atoms with Gasteiger partial charge in [0.2, 0.25) is 5.24 Å². The summed E-state index contributed by atoms with van der Waals surface area (Å²) in [5, 5.41) is -0.220. The van der Waals surface area contributed by atoms with Crippen molar-refractivity contribution in [1.29, 1.82) is 0 Å². The standard InChI is InChI=1S/C20H33ClO/c1-16(2)9-6-10-17(3)11-7-12-18(4)13-8-14-19(5)15-20(21)22/h9,11,13,19H,6-8,10,12,14-15H2,1-5H3. The van der Waals surface area contributed by atoms with Crippen LogP contribution >= 0.6 is 11.6 Å². The van der Waals surface area contributed by atoms with E-state index in [2.05, 4.69) is 52.8 Å². The van der Waals surface area contributed by atoms with E-state index in [1.54, 1.807) is 0 Å². The maximum atomic E-state index is 10.8. The molecule has 0 aromatic carbocycles. The SMILES string of the molecule is CC(C)=CCCC(C)=CCCC(C)=CCCC(C)CC(=O)Cl. The summed E-state index contributed by atoms with van der Waals surface area (Å²) in [5.74, 6) is 0.381. The van der Waals surface area contributed by atoms with Gasteiger partial charge in [-0.1, -0.05) is 41.9 Å². The Balaban J connectivity index is 3.91. The first-order valence-electron chi connectivity index (χ1n) is 8.44. The van der Waals surface area contributed by atoms with Crippen LogP contribution in [0.25, 0.3) is 0 Å². The van der Waals surface area contributed by atoms with Crippen LogP contribution in [0, 0.1) is 5.92 Å². The fraction of sp³-hybridized carbons (Fsp3) is 0.650. The molecule has 0 saturated carbocycles. The molecule has 0 aliphatic heterocycles. The number of carbonyl (C=O) groups is 1. The summed E-state index contributed by atoms with van der Waals surface area (Å²) in [6.45, 7) is 10.8. The van der Waals surface area contributed by atoms with Gasteiger partial charge in [-0.3, -0.25) is 4.79 Å². The van der Waals surface area contributed by atoms with Crippen LogP contribution in [0.15, 0.2) is 34.9 Å². The first-order chi connectivity index (χ1) is 10.3. The Labute approximate surface area is 142 Å². The van der Waals surface area contributed by atoms with Crippen molar-refractivity contribution in [1.82, 2.24) is 0 Å². The molecule has 1 unspecified atom stereocenters. The molecule has 0 aromatic heterocycles. The maximum absolute atomic E-state index is 10.8. The summed E-state index contributed by atoms with van der Waals surface area (Å²) in [6.07, 6.45) is 14.1. The number of hydrogen-bond acceptors (Lipinski definition) is 1. The van der Waals surface area contributed by atoms with Crippen molar-refractivity contribution in [3.8, 4) is 0 Å². The van der Waals surface area contributed by atoms with E-state index in [-0.39, 0.29) is 5.24 Å². The largest absolute Gasteiger partial charge is 0.281 e. The molecule has 1 atom stereocenters. The van der Waals surface area contributed by atoms with Gasteiger partial charge in [-0.25, -0.2) is 0 Å². The molecular weight excluding hydrogens is 292 g/mol. The van der Waals surface area contributed by atoms with Crippen molar-refractivity contribution in [2.45, 2.75) is 79.6 Å². The molecule has 0 N–H and O–H groups in total. The van der Waals surface area contributed by atoms with Gasteiger partial charge in [0, 0.05) is 6.42 Å². The molecule has 126 valence electrons. The van der Waals surface area contributed by atoms with Crippen LogP contribution < -0.4 is 0 Å². The molecule has 0 rings (SSSR count). The normalized spacial score (nSPS) is 13.9. The highest BCUT2D eigenvalue weighted by molar-refractivity contribution is 6.63. The highest BCUT2D eigenvalue weighted by Crippen LogP contribution is 2.15. The van der Waals surface area contributed by atoms with E-state index in [1.165, 1.54) is 16.7 Å². The number of hydrogen-bond donors (Lipinski definition) is 0. The lowest BCUT2D eigenvalue weighted by atomic mass is 10.0. The van der Waals surface area contributed by atoms with Gasteiger partial charge in [-0.05, 0) is 83.7 Å². The predicted octanol–water partition coefficient (Wildman–Crippen LogP) is 6.98. The van der Waals surface area contributed by atoms with E-state index >= 15 is 0 Å². The third-order valence-corrected chi connectivity index (χ3v) is 3.94. The summed E-state index contributed by atoms with van der Waals surface area (Å²) in [4.78, 5) is 10.8. The Morgan fingerprint density at radius 2 is 1.41 bits per heavy atom. The second kappa shape index (κ2) is 12.7. The van der Waals surface area contributed by atoms with E-state index in [1.807, 2.05) is 0 Å². The van der Waals surface area contributed by atoms with Crippen molar-refractivity contribution in [3.05, 3.63) is 34.9 Å². The van der Waals surface area contributed by atoms with Gasteiger partial charge in [0.25, 0.3) is 0 Å². The maximum Gasteiger partial charge on any atom is 0.221 e. The first kappa shape index (κ1) is 21.2. The molecule has 0 saturated heterocycles. The summed E-state index contributed by atoms with van der Waals surface area (Å²) in [7, 11) is 0. The predicted molar refractivity (Wildman–Crippen MR) is 99.3 cm³/mol. The van der Waals surface area contributed by atoms with Crippen molar-refractivity contribution >= 4 is 16.8 Å². The summed E-state index contributed by atoms with van der Waals surface area (Å²) >= 11 is 5.40. The minimum absolute atomic E-state index is 0.220. The monoisotopic (exact) mass is 324 g/mol. The van der Waals surface area contributed by atoms with Crippen LogP contribution in [0.1, 0.15) is 79.6 Å². The smallest absolute Gasteiger partial charge is 0.221 e. The molecule has 0 fully saturated rings. The van der Waals surface area contributed by atoms with Crippen LogP contribution in [-0.2, 0) is 4.79 Å². The minimum atomic E-state index is -0.220. The van der Waals surface area contributed by atoms with Crippen LogP contribution in [0.5, 0.6) is 0 Å². The lowest BCUT2D eigenvalue weighted by Crippen LogP contribution is -1.99. The van der Waals surface area contributed by atoms with Gasteiger partial charge in [-0.2, -0.15) is 0 Å². The fourth-order valence-electron chi connectivity index (χ4n) is 2.33. The Hall–Kier alpha value is -0.820. The number of allylic oxidation sites excluding steroid dienone is 6. The van der Waals surface area contributed by atoms with Crippen molar-refractivity contribution in [2.24, 2.45) is 5.92 Å². The van der Waals surface area contributed by atoms with Crippen LogP contribution in [-0.4, -0.2) is 5.24 Å². The average molecular weight is 325 g/mol. The molecule has 22 heavy (non-hydrogen) atoms. The summed E-state index contributed by atoms with van der Waals surface area (Å²) in [5.41, 5.74) is 4.33. The molecule has 0 aromatic rings. The van der Waals surface area contributed by atoms with Gasteiger partial charge in [0.1, 0.15) is 0 Å². The van der Waals surface area contributed by atoms with Gasteiger partial charge in [-0.15, -0.1) is 0 Å². The zero-order chi connectivity index (χ0) is 17.0. The van der Waals surface area contributed by atoms with Gasteiger partial charge >= 0.3 is 0 Å². The highest BCUT2D eigenvalue weighted by Gasteiger charge is 2.05. The van der Waals surface area contributed by atoms with Gasteiger partial charge in [0.05, 0.1) is 0 Å². The van der Waals surface area contributed by atoms with E-state index < -0.39 is 0 Å². The van der Waals surface area contributed by atoms with Gasteiger partial charge in [0.15, 0.2) is 0 Å².